The third-order valence-corrected chi connectivity index (χ3v) is 4.66. The van der Waals surface area contributed by atoms with Crippen LogP contribution >= 0.6 is 11.6 Å². The van der Waals surface area contributed by atoms with Gasteiger partial charge in [0.05, 0.1) is 16.9 Å². The Hall–Kier alpha value is -2.59. The van der Waals surface area contributed by atoms with Gasteiger partial charge in [0.15, 0.2) is 11.6 Å². The number of carbonyl (C=O) groups excluding carboxylic acids is 1. The Labute approximate surface area is 151 Å². The van der Waals surface area contributed by atoms with E-state index in [-0.39, 0.29) is 5.78 Å². The molecule has 0 saturated heterocycles. The van der Waals surface area contributed by atoms with E-state index in [4.69, 9.17) is 16.7 Å². The minimum absolute atomic E-state index is 0.139. The number of para-hydroxylation sites is 1. The summed E-state index contributed by atoms with van der Waals surface area (Å²) in [5, 5.41) is 8.62. The highest BCUT2D eigenvalue weighted by molar-refractivity contribution is 6.30. The summed E-state index contributed by atoms with van der Waals surface area (Å²) in [4.78, 5) is 12.7. The summed E-state index contributed by atoms with van der Waals surface area (Å²) in [5.41, 5.74) is 3.45. The minimum atomic E-state index is 0.139. The van der Waals surface area contributed by atoms with Gasteiger partial charge in [0.25, 0.3) is 0 Å². The van der Waals surface area contributed by atoms with Crippen LogP contribution in [-0.4, -0.2) is 15.6 Å². The molecule has 0 fully saturated rings. The van der Waals surface area contributed by atoms with Crippen LogP contribution in [0.15, 0.2) is 54.6 Å². The number of ketones is 1. The Morgan fingerprint density at radius 2 is 1.92 bits per heavy atom. The Kier molecular flexibility index (Phi) is 4.06. The summed E-state index contributed by atoms with van der Waals surface area (Å²) in [6.07, 6.45) is 1.39. The topological polar surface area (TPSA) is 46.9 Å². The third-order valence-electron chi connectivity index (χ3n) is 4.42. The van der Waals surface area contributed by atoms with E-state index >= 15 is 0 Å². The van der Waals surface area contributed by atoms with Gasteiger partial charge in [-0.2, -0.15) is 0 Å². The van der Waals surface area contributed by atoms with Crippen LogP contribution in [0.5, 0.6) is 0 Å². The van der Waals surface area contributed by atoms with Crippen LogP contribution in [-0.2, 0) is 6.42 Å². The molecule has 0 amide bonds. The number of fused-ring (bicyclic) bond motifs is 1. The molecule has 25 heavy (non-hydrogen) atoms. The highest BCUT2D eigenvalue weighted by Crippen LogP contribution is 2.34. The molecule has 1 aromatic heterocycles. The van der Waals surface area contributed by atoms with E-state index in [0.29, 0.717) is 28.7 Å². The normalized spacial score (nSPS) is 16.6. The maximum Gasteiger partial charge on any atom is 0.168 e. The fourth-order valence-electron chi connectivity index (χ4n) is 3.33. The highest BCUT2D eigenvalue weighted by Gasteiger charge is 2.31. The smallest absolute Gasteiger partial charge is 0.168 e. The molecule has 1 heterocycles. The third kappa shape index (κ3) is 3.05. The number of nitrogens with zero attached hydrogens (tertiary/aromatic N) is 2. The zero-order valence-electron chi connectivity index (χ0n) is 13.9. The van der Waals surface area contributed by atoms with Crippen molar-refractivity contribution in [3.05, 3.63) is 70.9 Å². The summed E-state index contributed by atoms with van der Waals surface area (Å²) >= 11 is 6.07. The molecule has 1 aliphatic rings. The molecule has 0 saturated carbocycles. The largest absolute Gasteiger partial charge is 0.338 e. The van der Waals surface area contributed by atoms with Gasteiger partial charge in [-0.25, -0.2) is 4.68 Å². The average molecular weight is 352 g/mol. The number of nitrogens with one attached hydrogen (secondary N) is 1. The van der Waals surface area contributed by atoms with E-state index in [1.807, 2.05) is 59.3 Å². The summed E-state index contributed by atoms with van der Waals surface area (Å²) < 4.78 is 1.88. The molecule has 1 atom stereocenters. The maximum atomic E-state index is 12.7. The number of hydrogen-bond donors (Lipinski definition) is 1. The Balaban J connectivity index is 1.83. The Morgan fingerprint density at radius 3 is 2.68 bits per heavy atom. The fraction of sp³-hybridized carbons (Fsp3) is 0.200. The van der Waals surface area contributed by atoms with Crippen LogP contribution in [0.3, 0.4) is 0 Å². The second-order valence-corrected chi connectivity index (χ2v) is 6.93. The molecule has 3 aromatic rings. The van der Waals surface area contributed by atoms with Crippen LogP contribution < -0.4 is 5.32 Å². The van der Waals surface area contributed by atoms with Gasteiger partial charge in [0.2, 0.25) is 0 Å². The molecular weight excluding hydrogens is 334 g/mol. The average Bonchev–Trinajstić information content (AvgIpc) is 2.94. The number of aromatic nitrogens is 2. The lowest BCUT2D eigenvalue weighted by atomic mass is 9.87. The molecule has 4 rings (SSSR count). The van der Waals surface area contributed by atoms with Gasteiger partial charge in [0.1, 0.15) is 0 Å². The SMILES string of the molecule is C[C@@H]1CC(=O)c2c(Nc3cccc(Cl)c3)nn(-c3ccccc3)c2C1. The van der Waals surface area contributed by atoms with Gasteiger partial charge in [-0.1, -0.05) is 42.8 Å². The van der Waals surface area contributed by atoms with Gasteiger partial charge in [-0.3, -0.25) is 4.79 Å². The Bertz CT molecular complexity index is 933. The monoisotopic (exact) mass is 351 g/mol. The van der Waals surface area contributed by atoms with Gasteiger partial charge in [0, 0.05) is 17.1 Å². The zero-order chi connectivity index (χ0) is 17.4. The number of halogens is 1. The molecule has 0 unspecified atom stereocenters. The van der Waals surface area contributed by atoms with Crippen LogP contribution in [0.1, 0.15) is 29.4 Å². The van der Waals surface area contributed by atoms with Gasteiger partial charge in [-0.15, -0.1) is 5.10 Å². The second-order valence-electron chi connectivity index (χ2n) is 6.49. The first-order chi connectivity index (χ1) is 12.1. The standard InChI is InChI=1S/C20H18ClN3O/c1-13-10-17-19(18(25)11-13)20(22-15-7-5-6-14(21)12-15)23-24(17)16-8-3-2-4-9-16/h2-9,12-13H,10-11H2,1H3,(H,22,23)/t13-/m0/s1. The van der Waals surface area contributed by atoms with Crippen LogP contribution in [0, 0.1) is 5.92 Å². The number of rotatable bonds is 3. The quantitative estimate of drug-likeness (QED) is 0.719. The van der Waals surface area contributed by atoms with Crippen molar-refractivity contribution in [1.82, 2.24) is 9.78 Å². The van der Waals surface area contributed by atoms with Crippen molar-refractivity contribution in [3.63, 3.8) is 0 Å². The predicted molar refractivity (Wildman–Crippen MR) is 100 cm³/mol. The first kappa shape index (κ1) is 15.9. The van der Waals surface area contributed by atoms with Gasteiger partial charge < -0.3 is 5.32 Å². The van der Waals surface area contributed by atoms with Crippen molar-refractivity contribution in [3.8, 4) is 5.69 Å². The first-order valence-corrected chi connectivity index (χ1v) is 8.72. The van der Waals surface area contributed by atoms with E-state index in [0.717, 1.165) is 23.5 Å². The summed E-state index contributed by atoms with van der Waals surface area (Å²) in [6, 6.07) is 17.3. The molecule has 5 heteroatoms. The van der Waals surface area contributed by atoms with E-state index in [9.17, 15) is 4.79 Å². The van der Waals surface area contributed by atoms with Crippen molar-refractivity contribution in [2.45, 2.75) is 19.8 Å². The van der Waals surface area contributed by atoms with E-state index in [1.165, 1.54) is 0 Å². The molecular formula is C20H18ClN3O. The lowest BCUT2D eigenvalue weighted by Crippen LogP contribution is -2.19. The lowest BCUT2D eigenvalue weighted by molar-refractivity contribution is 0.0953. The lowest BCUT2D eigenvalue weighted by Gasteiger charge is -2.19. The summed E-state index contributed by atoms with van der Waals surface area (Å²) in [7, 11) is 0. The predicted octanol–water partition coefficient (Wildman–Crippen LogP) is 5.03. The number of anilines is 2. The van der Waals surface area contributed by atoms with Crippen molar-refractivity contribution in [1.29, 1.82) is 0 Å². The van der Waals surface area contributed by atoms with E-state index in [2.05, 4.69) is 12.2 Å². The highest BCUT2D eigenvalue weighted by atomic mass is 35.5. The van der Waals surface area contributed by atoms with E-state index < -0.39 is 0 Å². The van der Waals surface area contributed by atoms with Gasteiger partial charge in [-0.05, 0) is 42.7 Å². The number of hydrogen-bond acceptors (Lipinski definition) is 3. The van der Waals surface area contributed by atoms with Crippen molar-refractivity contribution >= 4 is 28.9 Å². The Morgan fingerprint density at radius 1 is 1.12 bits per heavy atom. The summed E-state index contributed by atoms with van der Waals surface area (Å²) in [5.74, 6) is 1.05. The molecule has 1 aliphatic carbocycles. The first-order valence-electron chi connectivity index (χ1n) is 8.35. The molecule has 0 spiro atoms. The van der Waals surface area contributed by atoms with Crippen LogP contribution in [0.25, 0.3) is 5.69 Å². The van der Waals surface area contributed by atoms with Gasteiger partial charge >= 0.3 is 0 Å². The number of carbonyl (C=O) groups is 1. The second kappa shape index (κ2) is 6.37. The zero-order valence-corrected chi connectivity index (χ0v) is 14.6. The molecule has 0 bridgehead atoms. The van der Waals surface area contributed by atoms with Crippen LogP contribution in [0.2, 0.25) is 5.02 Å². The summed E-state index contributed by atoms with van der Waals surface area (Å²) in [6.45, 7) is 2.10. The van der Waals surface area contributed by atoms with E-state index in [1.54, 1.807) is 0 Å². The maximum absolute atomic E-state index is 12.7. The number of benzene rings is 2. The molecule has 0 radical (unpaired) electrons. The molecule has 126 valence electrons. The molecule has 0 aliphatic heterocycles. The van der Waals surface area contributed by atoms with Crippen molar-refractivity contribution in [2.24, 2.45) is 5.92 Å². The molecule has 1 N–H and O–H groups in total. The fourth-order valence-corrected chi connectivity index (χ4v) is 3.52. The molecule has 2 aromatic carbocycles. The molecule has 4 nitrogen and oxygen atoms in total. The van der Waals surface area contributed by atoms with Crippen LogP contribution in [0.4, 0.5) is 11.5 Å². The van der Waals surface area contributed by atoms with Crippen molar-refractivity contribution in [2.75, 3.05) is 5.32 Å². The van der Waals surface area contributed by atoms with Crippen molar-refractivity contribution < 1.29 is 4.79 Å². The number of Topliss-reactive ketones (excluding diaryl/α,β-unsaturated/α-hetero) is 1. The minimum Gasteiger partial charge on any atom is -0.338 e.